The number of halogens is 2. The zero-order valence-electron chi connectivity index (χ0n) is 10.1. The van der Waals surface area contributed by atoms with E-state index in [2.05, 4.69) is 0 Å². The van der Waals surface area contributed by atoms with Crippen LogP contribution in [0.4, 0.5) is 8.78 Å². The lowest BCUT2D eigenvalue weighted by Gasteiger charge is -2.30. The highest BCUT2D eigenvalue weighted by molar-refractivity contribution is 5.94. The first-order chi connectivity index (χ1) is 8.99. The van der Waals surface area contributed by atoms with Crippen LogP contribution < -0.4 is 0 Å². The van der Waals surface area contributed by atoms with Gasteiger partial charge in [-0.1, -0.05) is 0 Å². The summed E-state index contributed by atoms with van der Waals surface area (Å²) in [5, 5.41) is 8.94. The highest BCUT2D eigenvalue weighted by atomic mass is 19.2. The molecule has 1 saturated heterocycles. The molecule has 1 N–H and O–H groups in total. The summed E-state index contributed by atoms with van der Waals surface area (Å²) < 4.78 is 25.9. The Hall–Kier alpha value is -1.98. The second-order valence-corrected chi connectivity index (χ2v) is 4.56. The molecule has 102 valence electrons. The Labute approximate surface area is 108 Å². The molecule has 1 aromatic carbocycles. The summed E-state index contributed by atoms with van der Waals surface area (Å²) in [7, 11) is 0. The third kappa shape index (κ3) is 2.89. The first-order valence-electron chi connectivity index (χ1n) is 5.96. The normalized spacial score (nSPS) is 19.3. The summed E-state index contributed by atoms with van der Waals surface area (Å²) in [6.07, 6.45) is 1.11. The van der Waals surface area contributed by atoms with E-state index in [-0.39, 0.29) is 12.1 Å². The first-order valence-corrected chi connectivity index (χ1v) is 5.96. The van der Waals surface area contributed by atoms with E-state index in [1.54, 1.807) is 0 Å². The van der Waals surface area contributed by atoms with Crippen LogP contribution >= 0.6 is 0 Å². The number of benzene rings is 1. The SMILES string of the molecule is O=C(O)[C@@H]1CCCN(C(=O)c2ccc(F)c(F)c2)C1. The van der Waals surface area contributed by atoms with E-state index in [1.807, 2.05) is 0 Å². The molecular weight excluding hydrogens is 256 g/mol. The Kier molecular flexibility index (Phi) is 3.78. The number of nitrogens with zero attached hydrogens (tertiary/aromatic N) is 1. The van der Waals surface area contributed by atoms with Crippen molar-refractivity contribution in [1.29, 1.82) is 0 Å². The zero-order chi connectivity index (χ0) is 14.0. The van der Waals surface area contributed by atoms with Crippen molar-refractivity contribution in [3.05, 3.63) is 35.4 Å². The number of amides is 1. The van der Waals surface area contributed by atoms with Crippen LogP contribution in [-0.2, 0) is 4.79 Å². The van der Waals surface area contributed by atoms with Gasteiger partial charge in [0.1, 0.15) is 0 Å². The molecule has 6 heteroatoms. The number of carbonyl (C=O) groups is 2. The largest absolute Gasteiger partial charge is 0.481 e. The number of hydrogen-bond donors (Lipinski definition) is 1. The number of carboxylic acids is 1. The van der Waals surface area contributed by atoms with E-state index in [1.165, 1.54) is 11.0 Å². The Bertz CT molecular complexity index is 519. The van der Waals surface area contributed by atoms with Crippen molar-refractivity contribution in [2.24, 2.45) is 5.92 Å². The molecule has 1 heterocycles. The smallest absolute Gasteiger partial charge is 0.308 e. The summed E-state index contributed by atoms with van der Waals surface area (Å²) in [5.74, 6) is -4.10. The monoisotopic (exact) mass is 269 g/mol. The maximum absolute atomic E-state index is 13.1. The molecule has 1 fully saturated rings. The van der Waals surface area contributed by atoms with Crippen LogP contribution in [0, 0.1) is 17.6 Å². The lowest BCUT2D eigenvalue weighted by Crippen LogP contribution is -2.42. The van der Waals surface area contributed by atoms with Crippen molar-refractivity contribution < 1.29 is 23.5 Å². The predicted molar refractivity (Wildman–Crippen MR) is 62.6 cm³/mol. The van der Waals surface area contributed by atoms with Crippen molar-refractivity contribution in [2.45, 2.75) is 12.8 Å². The molecule has 1 aromatic rings. The molecule has 0 bridgehead atoms. The molecule has 0 unspecified atom stereocenters. The average Bonchev–Trinajstić information content (AvgIpc) is 2.41. The minimum atomic E-state index is -1.09. The number of piperidine rings is 1. The molecular formula is C13H13F2NO3. The second-order valence-electron chi connectivity index (χ2n) is 4.56. The lowest BCUT2D eigenvalue weighted by molar-refractivity contribution is -0.143. The Morgan fingerprint density at radius 1 is 1.26 bits per heavy atom. The fourth-order valence-electron chi connectivity index (χ4n) is 2.17. The molecule has 19 heavy (non-hydrogen) atoms. The first kappa shape index (κ1) is 13.5. The van der Waals surface area contributed by atoms with Crippen LogP contribution in [0.1, 0.15) is 23.2 Å². The van der Waals surface area contributed by atoms with Gasteiger partial charge in [0.2, 0.25) is 0 Å². The molecule has 0 spiro atoms. The highest BCUT2D eigenvalue weighted by Gasteiger charge is 2.28. The lowest BCUT2D eigenvalue weighted by atomic mass is 9.97. The summed E-state index contributed by atoms with van der Waals surface area (Å²) in [6, 6.07) is 2.92. The van der Waals surface area contributed by atoms with E-state index in [0.29, 0.717) is 19.4 Å². The molecule has 4 nitrogen and oxygen atoms in total. The number of carbonyl (C=O) groups excluding carboxylic acids is 1. The van der Waals surface area contributed by atoms with Gasteiger partial charge in [-0.2, -0.15) is 0 Å². The third-order valence-electron chi connectivity index (χ3n) is 3.22. The molecule has 1 aliphatic rings. The molecule has 1 amide bonds. The van der Waals surface area contributed by atoms with Crippen LogP contribution in [-0.4, -0.2) is 35.0 Å². The van der Waals surface area contributed by atoms with Crippen molar-refractivity contribution >= 4 is 11.9 Å². The van der Waals surface area contributed by atoms with Crippen molar-refractivity contribution in [1.82, 2.24) is 4.90 Å². The van der Waals surface area contributed by atoms with Crippen LogP contribution in [0.2, 0.25) is 0 Å². The van der Waals surface area contributed by atoms with Crippen LogP contribution in [0.25, 0.3) is 0 Å². The third-order valence-corrected chi connectivity index (χ3v) is 3.22. The van der Waals surface area contributed by atoms with Gasteiger partial charge in [-0.25, -0.2) is 8.78 Å². The molecule has 1 atom stereocenters. The van der Waals surface area contributed by atoms with Gasteiger partial charge in [0.15, 0.2) is 11.6 Å². The number of rotatable bonds is 2. The Balaban J connectivity index is 2.14. The summed E-state index contributed by atoms with van der Waals surface area (Å²) >= 11 is 0. The van der Waals surface area contributed by atoms with Gasteiger partial charge in [0, 0.05) is 18.7 Å². The number of carboxylic acid groups (broad SMARTS) is 1. The predicted octanol–water partition coefficient (Wildman–Crippen LogP) is 1.90. The van der Waals surface area contributed by atoms with E-state index < -0.39 is 29.4 Å². The molecule has 0 aliphatic carbocycles. The summed E-state index contributed by atoms with van der Waals surface area (Å²) in [5.41, 5.74) is 0.0324. The van der Waals surface area contributed by atoms with Gasteiger partial charge in [-0.05, 0) is 31.0 Å². The van der Waals surface area contributed by atoms with E-state index >= 15 is 0 Å². The van der Waals surface area contributed by atoms with Gasteiger partial charge in [-0.15, -0.1) is 0 Å². The van der Waals surface area contributed by atoms with E-state index in [0.717, 1.165) is 12.1 Å². The standard InChI is InChI=1S/C13H13F2NO3/c14-10-4-3-8(6-11(10)15)12(17)16-5-1-2-9(7-16)13(18)19/h3-4,6,9H,1-2,5,7H2,(H,18,19)/t9-/m1/s1. The molecule has 2 rings (SSSR count). The number of likely N-dealkylation sites (tertiary alicyclic amines) is 1. The fraction of sp³-hybridized carbons (Fsp3) is 0.385. The number of hydrogen-bond acceptors (Lipinski definition) is 2. The van der Waals surface area contributed by atoms with Crippen molar-refractivity contribution in [3.8, 4) is 0 Å². The van der Waals surface area contributed by atoms with Crippen LogP contribution in [0.3, 0.4) is 0 Å². The van der Waals surface area contributed by atoms with E-state index in [9.17, 15) is 18.4 Å². The molecule has 0 saturated carbocycles. The average molecular weight is 269 g/mol. The maximum Gasteiger partial charge on any atom is 0.308 e. The highest BCUT2D eigenvalue weighted by Crippen LogP contribution is 2.19. The Morgan fingerprint density at radius 3 is 2.63 bits per heavy atom. The van der Waals surface area contributed by atoms with Crippen molar-refractivity contribution in [2.75, 3.05) is 13.1 Å². The topological polar surface area (TPSA) is 57.6 Å². The van der Waals surface area contributed by atoms with Gasteiger partial charge in [-0.3, -0.25) is 9.59 Å². The number of aliphatic carboxylic acids is 1. The van der Waals surface area contributed by atoms with E-state index in [4.69, 9.17) is 5.11 Å². The molecule has 0 aromatic heterocycles. The quantitative estimate of drug-likeness (QED) is 0.892. The summed E-state index contributed by atoms with van der Waals surface area (Å²) in [4.78, 5) is 24.4. The van der Waals surface area contributed by atoms with Crippen LogP contribution in [0.15, 0.2) is 18.2 Å². The van der Waals surface area contributed by atoms with Crippen molar-refractivity contribution in [3.63, 3.8) is 0 Å². The van der Waals surface area contributed by atoms with Gasteiger partial charge in [0.05, 0.1) is 5.92 Å². The molecule has 0 radical (unpaired) electrons. The van der Waals surface area contributed by atoms with Gasteiger partial charge < -0.3 is 10.0 Å². The van der Waals surface area contributed by atoms with Crippen LogP contribution in [0.5, 0.6) is 0 Å². The Morgan fingerprint density at radius 2 is 2.00 bits per heavy atom. The minimum absolute atomic E-state index is 0.0324. The second kappa shape index (κ2) is 5.34. The maximum atomic E-state index is 13.1. The van der Waals surface area contributed by atoms with Gasteiger partial charge in [0.25, 0.3) is 5.91 Å². The van der Waals surface area contributed by atoms with Gasteiger partial charge >= 0.3 is 5.97 Å². The fourth-order valence-corrected chi connectivity index (χ4v) is 2.17. The summed E-state index contributed by atoms with van der Waals surface area (Å²) in [6.45, 7) is 0.536. The minimum Gasteiger partial charge on any atom is -0.481 e. The zero-order valence-corrected chi connectivity index (χ0v) is 10.1. The molecule has 1 aliphatic heterocycles.